The van der Waals surface area contributed by atoms with Crippen LogP contribution in [-0.2, 0) is 9.47 Å². The van der Waals surface area contributed by atoms with Crippen LogP contribution < -0.4 is 0 Å². The fourth-order valence-electron chi connectivity index (χ4n) is 1.36. The molecule has 0 aromatic heterocycles. The van der Waals surface area contributed by atoms with E-state index in [9.17, 15) is 0 Å². The summed E-state index contributed by atoms with van der Waals surface area (Å²) in [4.78, 5) is 0. The minimum atomic E-state index is 0.358. The summed E-state index contributed by atoms with van der Waals surface area (Å²) in [5.41, 5.74) is 0. The van der Waals surface area contributed by atoms with E-state index in [4.69, 9.17) is 9.47 Å². The molecule has 0 amide bonds. The third-order valence-corrected chi connectivity index (χ3v) is 1.99. The molecule has 10 heavy (non-hydrogen) atoms. The second kappa shape index (κ2) is 3.94. The lowest BCUT2D eigenvalue weighted by atomic mass is 10.1. The van der Waals surface area contributed by atoms with Crippen molar-refractivity contribution < 1.29 is 9.47 Å². The van der Waals surface area contributed by atoms with E-state index in [1.165, 1.54) is 12.8 Å². The molecule has 0 aromatic rings. The van der Waals surface area contributed by atoms with Crippen LogP contribution in [0.5, 0.6) is 0 Å². The molecule has 0 spiro atoms. The first-order valence-corrected chi connectivity index (χ1v) is 4.01. The normalized spacial score (nSPS) is 33.0. The van der Waals surface area contributed by atoms with Crippen LogP contribution >= 0.6 is 0 Å². The van der Waals surface area contributed by atoms with E-state index in [-0.39, 0.29) is 0 Å². The van der Waals surface area contributed by atoms with Crippen molar-refractivity contribution >= 4 is 0 Å². The van der Waals surface area contributed by atoms with Gasteiger partial charge in [-0.25, -0.2) is 0 Å². The number of ether oxygens (including phenoxy) is 2. The van der Waals surface area contributed by atoms with Crippen LogP contribution in [0, 0.1) is 0 Å². The Morgan fingerprint density at radius 2 is 2.40 bits per heavy atom. The summed E-state index contributed by atoms with van der Waals surface area (Å²) in [6, 6.07) is 0. The maximum Gasteiger partial charge on any atom is 0.0829 e. The second-order valence-corrected chi connectivity index (χ2v) is 2.84. The van der Waals surface area contributed by atoms with Crippen molar-refractivity contribution in [2.45, 2.75) is 38.4 Å². The fraction of sp³-hybridized carbons (Fsp3) is 1.00. The number of methoxy groups -OCH3 is 1. The van der Waals surface area contributed by atoms with Gasteiger partial charge in [-0.15, -0.1) is 0 Å². The van der Waals surface area contributed by atoms with Crippen molar-refractivity contribution in [2.24, 2.45) is 0 Å². The van der Waals surface area contributed by atoms with Crippen molar-refractivity contribution in [1.29, 1.82) is 0 Å². The van der Waals surface area contributed by atoms with E-state index in [1.807, 2.05) is 0 Å². The van der Waals surface area contributed by atoms with E-state index in [2.05, 4.69) is 6.92 Å². The number of rotatable bonds is 3. The van der Waals surface area contributed by atoms with Gasteiger partial charge in [0.1, 0.15) is 0 Å². The van der Waals surface area contributed by atoms with Crippen molar-refractivity contribution in [3.05, 3.63) is 0 Å². The summed E-state index contributed by atoms with van der Waals surface area (Å²) in [6.45, 7) is 2.98. The maximum absolute atomic E-state index is 5.47. The number of hydrogen-bond acceptors (Lipinski definition) is 2. The minimum absolute atomic E-state index is 0.358. The van der Waals surface area contributed by atoms with Crippen LogP contribution in [-0.4, -0.2) is 25.9 Å². The Kier molecular flexibility index (Phi) is 3.16. The Labute approximate surface area is 62.5 Å². The zero-order chi connectivity index (χ0) is 7.40. The van der Waals surface area contributed by atoms with Gasteiger partial charge < -0.3 is 9.47 Å². The maximum atomic E-state index is 5.47. The molecule has 2 heteroatoms. The van der Waals surface area contributed by atoms with E-state index in [0.29, 0.717) is 12.2 Å². The standard InChI is InChI=1S/C8H16O2/c1-3-4-7-5-8(9-2)6-10-7/h7-8H,3-6H2,1-2H3. The second-order valence-electron chi connectivity index (χ2n) is 2.84. The van der Waals surface area contributed by atoms with Gasteiger partial charge in [-0.05, 0) is 6.42 Å². The summed E-state index contributed by atoms with van der Waals surface area (Å²) in [5.74, 6) is 0. The molecule has 0 N–H and O–H groups in total. The highest BCUT2D eigenvalue weighted by atomic mass is 16.5. The Balaban J connectivity index is 2.15. The molecule has 1 aliphatic rings. The van der Waals surface area contributed by atoms with Crippen molar-refractivity contribution in [3.63, 3.8) is 0 Å². The largest absolute Gasteiger partial charge is 0.379 e. The van der Waals surface area contributed by atoms with Crippen LogP contribution in [0.4, 0.5) is 0 Å². The predicted molar refractivity (Wildman–Crippen MR) is 40.1 cm³/mol. The molecule has 0 aromatic carbocycles. The van der Waals surface area contributed by atoms with E-state index in [1.54, 1.807) is 7.11 Å². The fourth-order valence-corrected chi connectivity index (χ4v) is 1.36. The molecule has 1 aliphatic heterocycles. The van der Waals surface area contributed by atoms with Gasteiger partial charge in [-0.1, -0.05) is 13.3 Å². The first-order valence-electron chi connectivity index (χ1n) is 4.01. The van der Waals surface area contributed by atoms with E-state index >= 15 is 0 Å². The van der Waals surface area contributed by atoms with Crippen molar-refractivity contribution in [1.82, 2.24) is 0 Å². The molecule has 2 unspecified atom stereocenters. The lowest BCUT2D eigenvalue weighted by Gasteiger charge is -2.05. The molecule has 0 bridgehead atoms. The molecule has 1 heterocycles. The molecule has 0 aliphatic carbocycles. The number of hydrogen-bond donors (Lipinski definition) is 0. The molecular formula is C8H16O2. The molecule has 2 atom stereocenters. The first-order chi connectivity index (χ1) is 4.86. The van der Waals surface area contributed by atoms with Gasteiger partial charge in [0.25, 0.3) is 0 Å². The summed E-state index contributed by atoms with van der Waals surface area (Å²) in [7, 11) is 1.75. The third-order valence-electron chi connectivity index (χ3n) is 1.99. The lowest BCUT2D eigenvalue weighted by molar-refractivity contribution is 0.0647. The average Bonchev–Trinajstić information content (AvgIpc) is 2.37. The van der Waals surface area contributed by atoms with Crippen molar-refractivity contribution in [3.8, 4) is 0 Å². The van der Waals surface area contributed by atoms with Gasteiger partial charge in [-0.3, -0.25) is 0 Å². The van der Waals surface area contributed by atoms with Gasteiger partial charge in [0.15, 0.2) is 0 Å². The summed E-state index contributed by atoms with van der Waals surface area (Å²) >= 11 is 0. The SMILES string of the molecule is CCCC1CC(OC)CO1. The molecule has 0 saturated carbocycles. The van der Waals surface area contributed by atoms with E-state index in [0.717, 1.165) is 13.0 Å². The van der Waals surface area contributed by atoms with Gasteiger partial charge >= 0.3 is 0 Å². The molecule has 2 nitrogen and oxygen atoms in total. The molecule has 1 rings (SSSR count). The van der Waals surface area contributed by atoms with Crippen LogP contribution in [0.15, 0.2) is 0 Å². The lowest BCUT2D eigenvalue weighted by Crippen LogP contribution is -2.09. The van der Waals surface area contributed by atoms with Gasteiger partial charge in [-0.2, -0.15) is 0 Å². The third kappa shape index (κ3) is 1.96. The van der Waals surface area contributed by atoms with Gasteiger partial charge in [0.05, 0.1) is 18.8 Å². The zero-order valence-corrected chi connectivity index (χ0v) is 6.80. The summed E-state index contributed by atoms with van der Waals surface area (Å²) in [6.07, 6.45) is 4.30. The van der Waals surface area contributed by atoms with Crippen LogP contribution in [0.25, 0.3) is 0 Å². The quantitative estimate of drug-likeness (QED) is 0.599. The molecule has 1 fully saturated rings. The minimum Gasteiger partial charge on any atom is -0.379 e. The Morgan fingerprint density at radius 3 is 2.90 bits per heavy atom. The van der Waals surface area contributed by atoms with Crippen LogP contribution in [0.2, 0.25) is 0 Å². The van der Waals surface area contributed by atoms with Gasteiger partial charge in [0.2, 0.25) is 0 Å². The summed E-state index contributed by atoms with van der Waals surface area (Å²) in [5, 5.41) is 0. The Hall–Kier alpha value is -0.0800. The van der Waals surface area contributed by atoms with Crippen LogP contribution in [0.3, 0.4) is 0 Å². The predicted octanol–water partition coefficient (Wildman–Crippen LogP) is 1.59. The molecule has 0 radical (unpaired) electrons. The first kappa shape index (κ1) is 8.02. The van der Waals surface area contributed by atoms with E-state index < -0.39 is 0 Å². The molecular weight excluding hydrogens is 128 g/mol. The van der Waals surface area contributed by atoms with Crippen LogP contribution in [0.1, 0.15) is 26.2 Å². The summed E-state index contributed by atoms with van der Waals surface area (Å²) < 4.78 is 10.6. The zero-order valence-electron chi connectivity index (χ0n) is 6.80. The molecule has 1 saturated heterocycles. The molecule has 60 valence electrons. The average molecular weight is 144 g/mol. The Morgan fingerprint density at radius 1 is 1.60 bits per heavy atom. The topological polar surface area (TPSA) is 18.5 Å². The highest BCUT2D eigenvalue weighted by molar-refractivity contribution is 4.72. The monoisotopic (exact) mass is 144 g/mol. The highest BCUT2D eigenvalue weighted by Crippen LogP contribution is 2.18. The Bertz CT molecular complexity index is 93.3. The smallest absolute Gasteiger partial charge is 0.0829 e. The van der Waals surface area contributed by atoms with Crippen molar-refractivity contribution in [2.75, 3.05) is 13.7 Å². The highest BCUT2D eigenvalue weighted by Gasteiger charge is 2.23. The van der Waals surface area contributed by atoms with Gasteiger partial charge in [0, 0.05) is 13.5 Å².